The van der Waals surface area contributed by atoms with Crippen molar-refractivity contribution in [2.75, 3.05) is 5.84 Å². The zero-order valence-electron chi connectivity index (χ0n) is 13.5. The highest BCUT2D eigenvalue weighted by Gasteiger charge is 2.16. The first-order valence-electron chi connectivity index (χ1n) is 7.76. The van der Waals surface area contributed by atoms with E-state index in [1.54, 1.807) is 12.1 Å². The van der Waals surface area contributed by atoms with E-state index in [1.165, 1.54) is 22.5 Å². The van der Waals surface area contributed by atoms with Crippen molar-refractivity contribution in [3.63, 3.8) is 0 Å². The highest BCUT2D eigenvalue weighted by molar-refractivity contribution is 7.98. The second-order valence-electron chi connectivity index (χ2n) is 5.64. The van der Waals surface area contributed by atoms with E-state index in [4.69, 9.17) is 5.84 Å². The molecule has 0 amide bonds. The molecular formula is C17H14N6O2S. The third kappa shape index (κ3) is 2.88. The summed E-state index contributed by atoms with van der Waals surface area (Å²) in [6.45, 7) is 0. The fourth-order valence-corrected chi connectivity index (χ4v) is 3.52. The van der Waals surface area contributed by atoms with Crippen LogP contribution < -0.4 is 5.84 Å². The summed E-state index contributed by atoms with van der Waals surface area (Å²) in [5.41, 5.74) is 2.76. The van der Waals surface area contributed by atoms with Crippen molar-refractivity contribution < 1.29 is 4.92 Å². The number of nitrogen functional groups attached to an aromatic ring is 1. The number of H-pyrrole nitrogens is 1. The Bertz CT molecular complexity index is 1100. The first kappa shape index (κ1) is 16.2. The number of fused-ring (bicyclic) bond motifs is 1. The molecule has 3 N–H and O–H groups in total. The Morgan fingerprint density at radius 1 is 1.19 bits per heavy atom. The molecule has 4 rings (SSSR count). The zero-order chi connectivity index (χ0) is 18.1. The second kappa shape index (κ2) is 6.52. The third-order valence-electron chi connectivity index (χ3n) is 3.98. The van der Waals surface area contributed by atoms with Crippen molar-refractivity contribution >= 4 is 28.4 Å². The number of aromatic amines is 1. The molecule has 0 atom stereocenters. The molecule has 0 aliphatic rings. The number of aromatic nitrogens is 4. The lowest BCUT2D eigenvalue weighted by molar-refractivity contribution is -0.384. The highest BCUT2D eigenvalue weighted by Crippen LogP contribution is 2.29. The lowest BCUT2D eigenvalue weighted by Crippen LogP contribution is -2.11. The summed E-state index contributed by atoms with van der Waals surface area (Å²) < 4.78 is 1.44. The molecule has 9 heteroatoms. The van der Waals surface area contributed by atoms with Gasteiger partial charge < -0.3 is 10.8 Å². The normalized spacial score (nSPS) is 11.1. The largest absolute Gasteiger partial charge is 0.360 e. The molecular weight excluding hydrogens is 352 g/mol. The molecule has 0 aliphatic carbocycles. The van der Waals surface area contributed by atoms with Gasteiger partial charge in [0, 0.05) is 40.5 Å². The Hall–Kier alpha value is -3.33. The van der Waals surface area contributed by atoms with E-state index in [0.29, 0.717) is 16.7 Å². The number of para-hydroxylation sites is 1. The maximum absolute atomic E-state index is 10.9. The van der Waals surface area contributed by atoms with Gasteiger partial charge in [-0.2, -0.15) is 0 Å². The third-order valence-corrected chi connectivity index (χ3v) is 5.00. The van der Waals surface area contributed by atoms with Gasteiger partial charge in [0.15, 0.2) is 5.82 Å². The molecule has 2 aromatic carbocycles. The maximum atomic E-state index is 10.9. The van der Waals surface area contributed by atoms with E-state index in [9.17, 15) is 10.1 Å². The van der Waals surface area contributed by atoms with Crippen molar-refractivity contribution in [1.29, 1.82) is 0 Å². The van der Waals surface area contributed by atoms with E-state index in [1.807, 2.05) is 36.5 Å². The summed E-state index contributed by atoms with van der Waals surface area (Å²) in [5, 5.41) is 20.8. The number of rotatable bonds is 5. The average molecular weight is 366 g/mol. The number of nitro groups is 1. The number of nitrogens with one attached hydrogen (secondary N) is 1. The van der Waals surface area contributed by atoms with Gasteiger partial charge in [-0.1, -0.05) is 42.1 Å². The molecule has 0 saturated carbocycles. The number of thioether (sulfide) groups is 1. The van der Waals surface area contributed by atoms with E-state index in [2.05, 4.69) is 15.2 Å². The minimum atomic E-state index is -0.408. The number of nitrogens with two attached hydrogens (primary N) is 1. The summed E-state index contributed by atoms with van der Waals surface area (Å²) in [6, 6.07) is 14.4. The molecule has 2 aromatic heterocycles. The number of benzene rings is 2. The van der Waals surface area contributed by atoms with Gasteiger partial charge in [-0.05, 0) is 11.6 Å². The number of nitrogens with zero attached hydrogens (tertiary/aromatic N) is 4. The Labute approximate surface area is 152 Å². The molecule has 0 saturated heterocycles. The molecule has 0 spiro atoms. The van der Waals surface area contributed by atoms with Crippen LogP contribution in [0.15, 0.2) is 59.9 Å². The van der Waals surface area contributed by atoms with Crippen LogP contribution in [0.3, 0.4) is 0 Å². The Kier molecular flexibility index (Phi) is 4.05. The summed E-state index contributed by atoms with van der Waals surface area (Å²) >= 11 is 1.38. The topological polar surface area (TPSA) is 116 Å². The van der Waals surface area contributed by atoms with E-state index in [-0.39, 0.29) is 5.69 Å². The van der Waals surface area contributed by atoms with Gasteiger partial charge in [0.25, 0.3) is 5.69 Å². The summed E-state index contributed by atoms with van der Waals surface area (Å²) in [7, 11) is 0. The van der Waals surface area contributed by atoms with Gasteiger partial charge in [-0.15, -0.1) is 10.2 Å². The van der Waals surface area contributed by atoms with Gasteiger partial charge in [-0.25, -0.2) is 4.68 Å². The Morgan fingerprint density at radius 2 is 2.04 bits per heavy atom. The molecule has 2 heterocycles. The summed E-state index contributed by atoms with van der Waals surface area (Å²) in [6.07, 6.45) is 1.85. The lowest BCUT2D eigenvalue weighted by atomic mass is 10.2. The molecule has 26 heavy (non-hydrogen) atoms. The first-order chi connectivity index (χ1) is 12.6. The predicted molar refractivity (Wildman–Crippen MR) is 100 cm³/mol. The van der Waals surface area contributed by atoms with Crippen LogP contribution in [0.4, 0.5) is 5.69 Å². The van der Waals surface area contributed by atoms with Gasteiger partial charge >= 0.3 is 0 Å². The zero-order valence-corrected chi connectivity index (χ0v) is 14.3. The molecule has 0 bridgehead atoms. The van der Waals surface area contributed by atoms with Crippen molar-refractivity contribution in [2.24, 2.45) is 0 Å². The summed E-state index contributed by atoms with van der Waals surface area (Å²) in [5.74, 6) is 7.24. The van der Waals surface area contributed by atoms with E-state index < -0.39 is 4.92 Å². The van der Waals surface area contributed by atoms with Gasteiger partial charge in [-0.3, -0.25) is 10.1 Å². The van der Waals surface area contributed by atoms with Crippen LogP contribution >= 0.6 is 11.8 Å². The first-order valence-corrected chi connectivity index (χ1v) is 8.75. The molecule has 0 aliphatic heterocycles. The monoisotopic (exact) mass is 366 g/mol. The average Bonchev–Trinajstić information content (AvgIpc) is 3.23. The van der Waals surface area contributed by atoms with Crippen LogP contribution in [0, 0.1) is 10.1 Å². The number of nitro benzene ring substituents is 1. The van der Waals surface area contributed by atoms with Crippen molar-refractivity contribution in [3.8, 4) is 11.4 Å². The lowest BCUT2D eigenvalue weighted by Gasteiger charge is -2.03. The smallest absolute Gasteiger partial charge is 0.269 e. The second-order valence-corrected chi connectivity index (χ2v) is 6.58. The quantitative estimate of drug-likeness (QED) is 0.242. The fourth-order valence-electron chi connectivity index (χ4n) is 2.72. The predicted octanol–water partition coefficient (Wildman–Crippen LogP) is 3.34. The van der Waals surface area contributed by atoms with Crippen molar-refractivity contribution in [2.45, 2.75) is 10.9 Å². The van der Waals surface area contributed by atoms with Crippen LogP contribution in [0.1, 0.15) is 5.56 Å². The number of hydrogen-bond donors (Lipinski definition) is 2. The molecule has 0 fully saturated rings. The van der Waals surface area contributed by atoms with Crippen LogP contribution in [0.5, 0.6) is 0 Å². The van der Waals surface area contributed by atoms with E-state index in [0.717, 1.165) is 22.0 Å². The molecule has 0 unspecified atom stereocenters. The highest BCUT2D eigenvalue weighted by atomic mass is 32.2. The molecule has 130 valence electrons. The van der Waals surface area contributed by atoms with Gasteiger partial charge in [0.05, 0.1) is 4.92 Å². The minimum Gasteiger partial charge on any atom is -0.360 e. The van der Waals surface area contributed by atoms with Crippen LogP contribution in [-0.4, -0.2) is 24.8 Å². The Balaban J connectivity index is 1.58. The van der Waals surface area contributed by atoms with Crippen molar-refractivity contribution in [1.82, 2.24) is 19.9 Å². The number of non-ortho nitro benzene ring substituents is 1. The molecule has 0 radical (unpaired) electrons. The molecule has 4 aromatic rings. The van der Waals surface area contributed by atoms with Crippen molar-refractivity contribution in [3.05, 3.63) is 70.4 Å². The number of hydrogen-bond acceptors (Lipinski definition) is 6. The fraction of sp³-hybridized carbons (Fsp3) is 0.0588. The Morgan fingerprint density at radius 3 is 2.88 bits per heavy atom. The summed E-state index contributed by atoms with van der Waals surface area (Å²) in [4.78, 5) is 13.7. The molecule has 8 nitrogen and oxygen atoms in total. The van der Waals surface area contributed by atoms with Crippen LogP contribution in [0.25, 0.3) is 22.3 Å². The van der Waals surface area contributed by atoms with Gasteiger partial charge in [0.2, 0.25) is 5.16 Å². The minimum absolute atomic E-state index is 0.0665. The van der Waals surface area contributed by atoms with E-state index >= 15 is 0 Å². The van der Waals surface area contributed by atoms with Crippen LogP contribution in [-0.2, 0) is 5.75 Å². The maximum Gasteiger partial charge on any atom is 0.269 e. The standard InChI is InChI=1S/C17H14N6O2S/c18-22-16(14-9-19-15-7-2-1-6-13(14)15)20-21-17(22)26-10-11-4-3-5-12(8-11)23(24)25/h1-9,19H,10,18H2. The SMILES string of the molecule is Nn1c(SCc2cccc([N+](=O)[O-])c2)nnc1-c1c[nH]c2ccccc12. The van der Waals surface area contributed by atoms with Gasteiger partial charge in [0.1, 0.15) is 0 Å². The van der Waals surface area contributed by atoms with Crippen LogP contribution in [0.2, 0.25) is 0 Å².